The fraction of sp³-hybridized carbons (Fsp3) is 0.400. The summed E-state index contributed by atoms with van der Waals surface area (Å²) in [5.41, 5.74) is 0. The SMILES string of the molecule is COc1cc(S(=O)(=O)Cl)ccc1OCCCBr. The number of alkyl halides is 1. The van der Waals surface area contributed by atoms with Crippen molar-refractivity contribution < 1.29 is 17.9 Å². The van der Waals surface area contributed by atoms with Crippen molar-refractivity contribution in [2.75, 3.05) is 19.0 Å². The zero-order chi connectivity index (χ0) is 12.9. The van der Waals surface area contributed by atoms with Crippen LogP contribution in [0.2, 0.25) is 0 Å². The Kier molecular flexibility index (Phi) is 5.55. The first-order valence-corrected chi connectivity index (χ1v) is 8.23. The van der Waals surface area contributed by atoms with Gasteiger partial charge in [-0.15, -0.1) is 0 Å². The molecule has 7 heteroatoms. The van der Waals surface area contributed by atoms with Gasteiger partial charge in [0.05, 0.1) is 18.6 Å². The first-order chi connectivity index (χ1) is 7.99. The molecule has 0 bridgehead atoms. The van der Waals surface area contributed by atoms with E-state index in [9.17, 15) is 8.42 Å². The molecule has 0 aliphatic heterocycles. The molecule has 1 aromatic carbocycles. The molecule has 0 aliphatic carbocycles. The first-order valence-electron chi connectivity index (χ1n) is 4.80. The summed E-state index contributed by atoms with van der Waals surface area (Å²) in [6, 6.07) is 4.25. The summed E-state index contributed by atoms with van der Waals surface area (Å²) >= 11 is 3.29. The molecule has 0 aliphatic rings. The molecule has 0 fully saturated rings. The van der Waals surface area contributed by atoms with Crippen molar-refractivity contribution in [3.8, 4) is 11.5 Å². The van der Waals surface area contributed by atoms with Crippen molar-refractivity contribution in [2.24, 2.45) is 0 Å². The Morgan fingerprint density at radius 3 is 2.59 bits per heavy atom. The molecule has 0 spiro atoms. The predicted octanol–water partition coefficient (Wildman–Crippen LogP) is 2.79. The van der Waals surface area contributed by atoms with Crippen LogP contribution in [0, 0.1) is 0 Å². The third-order valence-corrected chi connectivity index (χ3v) is 3.86. The normalized spacial score (nSPS) is 11.2. The molecule has 0 saturated heterocycles. The second-order valence-electron chi connectivity index (χ2n) is 3.14. The molecule has 0 radical (unpaired) electrons. The monoisotopic (exact) mass is 342 g/mol. The van der Waals surface area contributed by atoms with Crippen LogP contribution in [0.1, 0.15) is 6.42 Å². The van der Waals surface area contributed by atoms with Gasteiger partial charge < -0.3 is 9.47 Å². The van der Waals surface area contributed by atoms with Crippen LogP contribution in [-0.4, -0.2) is 27.5 Å². The van der Waals surface area contributed by atoms with Gasteiger partial charge in [-0.1, -0.05) is 15.9 Å². The summed E-state index contributed by atoms with van der Waals surface area (Å²) in [5.74, 6) is 0.846. The second kappa shape index (κ2) is 6.47. The lowest BCUT2D eigenvalue weighted by Gasteiger charge is -2.10. The second-order valence-corrected chi connectivity index (χ2v) is 6.50. The predicted molar refractivity (Wildman–Crippen MR) is 69.9 cm³/mol. The third kappa shape index (κ3) is 4.37. The Hall–Kier alpha value is -0.460. The Morgan fingerprint density at radius 1 is 1.35 bits per heavy atom. The van der Waals surface area contributed by atoms with Crippen LogP contribution in [0.5, 0.6) is 11.5 Å². The number of hydrogen-bond donors (Lipinski definition) is 0. The molecule has 0 atom stereocenters. The molecule has 96 valence electrons. The van der Waals surface area contributed by atoms with Gasteiger partial charge in [-0.3, -0.25) is 0 Å². The van der Waals surface area contributed by atoms with Crippen molar-refractivity contribution >= 4 is 35.7 Å². The van der Waals surface area contributed by atoms with E-state index in [4.69, 9.17) is 20.2 Å². The van der Waals surface area contributed by atoms with E-state index in [1.54, 1.807) is 0 Å². The van der Waals surface area contributed by atoms with Gasteiger partial charge in [-0.25, -0.2) is 8.42 Å². The summed E-state index contributed by atoms with van der Waals surface area (Å²) in [6.07, 6.45) is 0.846. The van der Waals surface area contributed by atoms with E-state index in [2.05, 4.69) is 15.9 Å². The Labute approximate surface area is 113 Å². The molecule has 0 saturated carbocycles. The van der Waals surface area contributed by atoms with E-state index < -0.39 is 9.05 Å². The van der Waals surface area contributed by atoms with Crippen molar-refractivity contribution in [1.29, 1.82) is 0 Å². The van der Waals surface area contributed by atoms with Crippen molar-refractivity contribution in [3.05, 3.63) is 18.2 Å². The van der Waals surface area contributed by atoms with Gasteiger partial charge in [-0.05, 0) is 18.6 Å². The summed E-state index contributed by atoms with van der Waals surface area (Å²) in [7, 11) is 2.93. The average molecular weight is 344 g/mol. The van der Waals surface area contributed by atoms with Gasteiger partial charge in [0.25, 0.3) is 9.05 Å². The molecule has 0 unspecified atom stereocenters. The van der Waals surface area contributed by atoms with E-state index >= 15 is 0 Å². The highest BCUT2D eigenvalue weighted by atomic mass is 79.9. The molecule has 4 nitrogen and oxygen atoms in total. The number of hydrogen-bond acceptors (Lipinski definition) is 4. The lowest BCUT2D eigenvalue weighted by atomic mass is 10.3. The highest BCUT2D eigenvalue weighted by Crippen LogP contribution is 2.31. The molecule has 1 rings (SSSR count). The van der Waals surface area contributed by atoms with Gasteiger partial charge >= 0.3 is 0 Å². The smallest absolute Gasteiger partial charge is 0.261 e. The van der Waals surface area contributed by atoms with Gasteiger partial charge in [-0.2, -0.15) is 0 Å². The molecule has 0 amide bonds. The summed E-state index contributed by atoms with van der Waals surface area (Å²) in [4.78, 5) is -0.0103. The molecular weight excluding hydrogens is 332 g/mol. The van der Waals surface area contributed by atoms with Crippen LogP contribution >= 0.6 is 26.6 Å². The quantitative estimate of drug-likeness (QED) is 0.453. The average Bonchev–Trinajstić information content (AvgIpc) is 2.28. The molecule has 0 N–H and O–H groups in total. The summed E-state index contributed by atoms with van der Waals surface area (Å²) < 4.78 is 32.8. The topological polar surface area (TPSA) is 52.6 Å². The highest BCUT2D eigenvalue weighted by Gasteiger charge is 2.14. The molecule has 17 heavy (non-hydrogen) atoms. The van der Waals surface area contributed by atoms with Crippen molar-refractivity contribution in [3.63, 3.8) is 0 Å². The van der Waals surface area contributed by atoms with Crippen LogP contribution in [0.4, 0.5) is 0 Å². The number of rotatable bonds is 6. The van der Waals surface area contributed by atoms with Gasteiger partial charge in [0.2, 0.25) is 0 Å². The first kappa shape index (κ1) is 14.6. The Morgan fingerprint density at radius 2 is 2.06 bits per heavy atom. The van der Waals surface area contributed by atoms with E-state index in [-0.39, 0.29) is 4.90 Å². The highest BCUT2D eigenvalue weighted by molar-refractivity contribution is 9.09. The van der Waals surface area contributed by atoms with Gasteiger partial charge in [0.1, 0.15) is 0 Å². The summed E-state index contributed by atoms with van der Waals surface area (Å²) in [5, 5.41) is 0.837. The van der Waals surface area contributed by atoms with Gasteiger partial charge in [0.15, 0.2) is 11.5 Å². The summed E-state index contributed by atoms with van der Waals surface area (Å²) in [6.45, 7) is 0.522. The number of benzene rings is 1. The lowest BCUT2D eigenvalue weighted by Crippen LogP contribution is -2.01. The minimum atomic E-state index is -3.75. The number of halogens is 2. The van der Waals surface area contributed by atoms with Crippen LogP contribution in [0.15, 0.2) is 23.1 Å². The van der Waals surface area contributed by atoms with Crippen LogP contribution in [0.25, 0.3) is 0 Å². The van der Waals surface area contributed by atoms with Crippen LogP contribution < -0.4 is 9.47 Å². The van der Waals surface area contributed by atoms with E-state index in [0.29, 0.717) is 18.1 Å². The Bertz CT molecular complexity index is 475. The largest absolute Gasteiger partial charge is 0.493 e. The lowest BCUT2D eigenvalue weighted by molar-refractivity contribution is 0.295. The standard InChI is InChI=1S/C10H12BrClO4S/c1-15-10-7-8(17(12,13)14)3-4-9(10)16-6-2-5-11/h3-4,7H,2,5-6H2,1H3. The fourth-order valence-electron chi connectivity index (χ4n) is 1.16. The van der Waals surface area contributed by atoms with E-state index in [1.807, 2.05) is 0 Å². The van der Waals surface area contributed by atoms with Crippen molar-refractivity contribution in [1.82, 2.24) is 0 Å². The van der Waals surface area contributed by atoms with Crippen LogP contribution in [-0.2, 0) is 9.05 Å². The molecule has 0 heterocycles. The third-order valence-electron chi connectivity index (χ3n) is 1.95. The zero-order valence-electron chi connectivity index (χ0n) is 9.15. The minimum absolute atomic E-state index is 0.0103. The molecule has 1 aromatic rings. The van der Waals surface area contributed by atoms with E-state index in [1.165, 1.54) is 25.3 Å². The van der Waals surface area contributed by atoms with Crippen molar-refractivity contribution in [2.45, 2.75) is 11.3 Å². The number of methoxy groups -OCH3 is 1. The fourth-order valence-corrected chi connectivity index (χ4v) is 2.15. The zero-order valence-corrected chi connectivity index (χ0v) is 12.3. The maximum absolute atomic E-state index is 11.1. The Balaban J connectivity index is 2.94. The van der Waals surface area contributed by atoms with Gasteiger partial charge in [0, 0.05) is 22.1 Å². The molecule has 0 aromatic heterocycles. The number of ether oxygens (including phenoxy) is 2. The molecular formula is C10H12BrClO4S. The van der Waals surface area contributed by atoms with Crippen LogP contribution in [0.3, 0.4) is 0 Å². The maximum Gasteiger partial charge on any atom is 0.261 e. The maximum atomic E-state index is 11.1. The minimum Gasteiger partial charge on any atom is -0.493 e. The van der Waals surface area contributed by atoms with E-state index in [0.717, 1.165) is 11.8 Å².